The summed E-state index contributed by atoms with van der Waals surface area (Å²) in [7, 11) is -4.22. The maximum atomic E-state index is 11.5. The highest BCUT2D eigenvalue weighted by Crippen LogP contribution is 2.36. The zero-order chi connectivity index (χ0) is 16.8. The highest BCUT2D eigenvalue weighted by molar-refractivity contribution is 7.92. The summed E-state index contributed by atoms with van der Waals surface area (Å²) in [6, 6.07) is 4.87. The highest BCUT2D eigenvalue weighted by atomic mass is 32.2. The number of sulfonamides is 1. The molecule has 0 aromatic heterocycles. The van der Waals surface area contributed by atoms with Gasteiger partial charge in [-0.1, -0.05) is 12.1 Å². The van der Waals surface area contributed by atoms with Gasteiger partial charge in [0.2, 0.25) is 10.0 Å². The molecule has 0 atom stereocenters. The Morgan fingerprint density at radius 3 is 2.14 bits per heavy atom. The standard InChI is InChI=1S/C14H20BNO5S/c1-13(2)14(3,4)21-15(20-13)11-7-6-8-12(10(11)9-17)16-22(5,18)19/h6-9,16H,1-5H3. The van der Waals surface area contributed by atoms with Crippen molar-refractivity contribution in [2.75, 3.05) is 11.0 Å². The number of carbonyl (C=O) groups excluding carboxylic acids is 1. The van der Waals surface area contributed by atoms with Crippen LogP contribution < -0.4 is 10.2 Å². The quantitative estimate of drug-likeness (QED) is 0.664. The summed E-state index contributed by atoms with van der Waals surface area (Å²) in [6.07, 6.45) is 1.64. The largest absolute Gasteiger partial charge is 0.495 e. The Balaban J connectivity index is 2.45. The van der Waals surface area contributed by atoms with Crippen molar-refractivity contribution in [1.82, 2.24) is 0 Å². The number of aldehydes is 1. The van der Waals surface area contributed by atoms with Gasteiger partial charge in [-0.05, 0) is 39.2 Å². The zero-order valence-electron chi connectivity index (χ0n) is 13.3. The van der Waals surface area contributed by atoms with Gasteiger partial charge in [-0.25, -0.2) is 8.42 Å². The van der Waals surface area contributed by atoms with Crippen LogP contribution in [0, 0.1) is 0 Å². The average Bonchev–Trinajstić information content (AvgIpc) is 2.56. The summed E-state index contributed by atoms with van der Waals surface area (Å²) in [4.78, 5) is 11.5. The molecule has 0 saturated carbocycles. The Morgan fingerprint density at radius 1 is 1.14 bits per heavy atom. The molecule has 0 unspecified atom stereocenters. The Bertz CT molecular complexity index is 683. The maximum absolute atomic E-state index is 11.5. The first-order valence-corrected chi connectivity index (χ1v) is 8.77. The first-order valence-electron chi connectivity index (χ1n) is 6.88. The van der Waals surface area contributed by atoms with Crippen molar-refractivity contribution in [1.29, 1.82) is 0 Å². The fraction of sp³-hybridized carbons (Fsp3) is 0.500. The van der Waals surface area contributed by atoms with Gasteiger partial charge in [0.1, 0.15) is 0 Å². The molecule has 1 fully saturated rings. The number of nitrogens with one attached hydrogen (secondary N) is 1. The molecule has 0 radical (unpaired) electrons. The van der Waals surface area contributed by atoms with Gasteiger partial charge in [-0.2, -0.15) is 0 Å². The van der Waals surface area contributed by atoms with E-state index in [2.05, 4.69) is 4.72 Å². The molecule has 0 spiro atoms. The zero-order valence-corrected chi connectivity index (χ0v) is 14.2. The fourth-order valence-electron chi connectivity index (χ4n) is 2.18. The fourth-order valence-corrected chi connectivity index (χ4v) is 2.76. The minimum atomic E-state index is -3.49. The lowest BCUT2D eigenvalue weighted by Gasteiger charge is -2.32. The first kappa shape index (κ1) is 17.0. The third-order valence-corrected chi connectivity index (χ3v) is 4.65. The van der Waals surface area contributed by atoms with E-state index in [0.29, 0.717) is 11.7 Å². The Kier molecular flexibility index (Phi) is 4.14. The van der Waals surface area contributed by atoms with E-state index in [1.807, 2.05) is 27.7 Å². The van der Waals surface area contributed by atoms with Crippen LogP contribution in [-0.2, 0) is 19.3 Å². The molecule has 8 heteroatoms. The van der Waals surface area contributed by atoms with Crippen LogP contribution in [0.1, 0.15) is 38.1 Å². The van der Waals surface area contributed by atoms with Crippen LogP contribution in [0.3, 0.4) is 0 Å². The minimum absolute atomic E-state index is 0.213. The molecule has 22 heavy (non-hydrogen) atoms. The van der Waals surface area contributed by atoms with Gasteiger partial charge < -0.3 is 9.31 Å². The summed E-state index contributed by atoms with van der Waals surface area (Å²) in [5.74, 6) is 0. The summed E-state index contributed by atoms with van der Waals surface area (Å²) >= 11 is 0. The van der Waals surface area contributed by atoms with Gasteiger partial charge >= 0.3 is 7.12 Å². The Morgan fingerprint density at radius 2 is 1.68 bits per heavy atom. The average molecular weight is 325 g/mol. The number of hydrogen-bond acceptors (Lipinski definition) is 5. The predicted molar refractivity (Wildman–Crippen MR) is 86.0 cm³/mol. The lowest BCUT2D eigenvalue weighted by molar-refractivity contribution is 0.00578. The molecule has 1 aromatic carbocycles. The van der Waals surface area contributed by atoms with Crippen LogP contribution in [0.4, 0.5) is 5.69 Å². The summed E-state index contributed by atoms with van der Waals surface area (Å²) in [5.41, 5.74) is -0.158. The third-order valence-electron chi connectivity index (χ3n) is 4.06. The summed E-state index contributed by atoms with van der Waals surface area (Å²) < 4.78 is 37.0. The molecule has 1 N–H and O–H groups in total. The molecule has 0 aliphatic carbocycles. The van der Waals surface area contributed by atoms with Crippen molar-refractivity contribution < 1.29 is 22.5 Å². The van der Waals surface area contributed by atoms with Gasteiger partial charge in [0.15, 0.2) is 6.29 Å². The van der Waals surface area contributed by atoms with Gasteiger partial charge in [0.05, 0.1) is 23.1 Å². The number of benzene rings is 1. The van der Waals surface area contributed by atoms with Crippen LogP contribution in [0.5, 0.6) is 0 Å². The molecule has 1 aliphatic rings. The summed E-state index contributed by atoms with van der Waals surface area (Å²) in [5, 5.41) is 0. The molecule has 120 valence electrons. The van der Waals surface area contributed by atoms with Crippen LogP contribution >= 0.6 is 0 Å². The van der Waals surface area contributed by atoms with E-state index < -0.39 is 28.3 Å². The van der Waals surface area contributed by atoms with Gasteiger partial charge in [0.25, 0.3) is 0 Å². The van der Waals surface area contributed by atoms with E-state index >= 15 is 0 Å². The molecule has 1 heterocycles. The van der Waals surface area contributed by atoms with Crippen molar-refractivity contribution in [3.8, 4) is 0 Å². The van der Waals surface area contributed by atoms with Crippen LogP contribution in [0.25, 0.3) is 0 Å². The topological polar surface area (TPSA) is 81.7 Å². The number of carbonyl (C=O) groups is 1. The number of hydrogen-bond donors (Lipinski definition) is 1. The minimum Gasteiger partial charge on any atom is -0.399 e. The molecule has 1 aliphatic heterocycles. The second kappa shape index (κ2) is 5.36. The third kappa shape index (κ3) is 3.18. The van der Waals surface area contributed by atoms with Crippen molar-refractivity contribution in [2.24, 2.45) is 0 Å². The normalized spacial score (nSPS) is 20.0. The molecule has 0 bridgehead atoms. The van der Waals surface area contributed by atoms with Gasteiger partial charge in [-0.3, -0.25) is 9.52 Å². The number of anilines is 1. The second-order valence-electron chi connectivity index (χ2n) is 6.39. The molecule has 6 nitrogen and oxygen atoms in total. The number of rotatable bonds is 4. The smallest absolute Gasteiger partial charge is 0.399 e. The summed E-state index contributed by atoms with van der Waals surface area (Å²) in [6.45, 7) is 7.64. The Hall–Kier alpha value is -1.38. The van der Waals surface area contributed by atoms with Crippen molar-refractivity contribution >= 4 is 34.6 Å². The van der Waals surface area contributed by atoms with E-state index in [0.717, 1.165) is 6.26 Å². The van der Waals surface area contributed by atoms with Gasteiger partial charge in [-0.15, -0.1) is 0 Å². The van der Waals surface area contributed by atoms with Crippen molar-refractivity contribution in [3.63, 3.8) is 0 Å². The predicted octanol–water partition coefficient (Wildman–Crippen LogP) is 1.17. The van der Waals surface area contributed by atoms with Crippen LogP contribution in [0.15, 0.2) is 18.2 Å². The first-order chi connectivity index (χ1) is 9.97. The molecular formula is C14H20BNO5S. The molecule has 2 rings (SSSR count). The lowest BCUT2D eigenvalue weighted by atomic mass is 9.76. The van der Waals surface area contributed by atoms with E-state index in [-0.39, 0.29) is 11.3 Å². The molecule has 0 amide bonds. The highest BCUT2D eigenvalue weighted by Gasteiger charge is 2.52. The Labute approximate surface area is 131 Å². The van der Waals surface area contributed by atoms with Crippen molar-refractivity contribution in [2.45, 2.75) is 38.9 Å². The second-order valence-corrected chi connectivity index (χ2v) is 8.14. The van der Waals surface area contributed by atoms with E-state index in [1.54, 1.807) is 12.1 Å². The SMILES string of the molecule is CC1(C)OB(c2cccc(NS(C)(=O)=O)c2C=O)OC1(C)C. The molecule has 1 saturated heterocycles. The lowest BCUT2D eigenvalue weighted by Crippen LogP contribution is -2.41. The van der Waals surface area contributed by atoms with E-state index in [4.69, 9.17) is 9.31 Å². The van der Waals surface area contributed by atoms with Crippen molar-refractivity contribution in [3.05, 3.63) is 23.8 Å². The monoisotopic (exact) mass is 325 g/mol. The van der Waals surface area contributed by atoms with E-state index in [9.17, 15) is 13.2 Å². The van der Waals surface area contributed by atoms with Crippen LogP contribution in [-0.4, -0.2) is 39.3 Å². The molecule has 1 aromatic rings. The molecular weight excluding hydrogens is 305 g/mol. The van der Waals surface area contributed by atoms with Gasteiger partial charge in [0, 0.05) is 5.56 Å². The van der Waals surface area contributed by atoms with Crippen LogP contribution in [0.2, 0.25) is 0 Å². The van der Waals surface area contributed by atoms with E-state index in [1.165, 1.54) is 6.07 Å². The maximum Gasteiger partial charge on any atom is 0.495 e.